The van der Waals surface area contributed by atoms with Gasteiger partial charge in [-0.1, -0.05) is 244 Å². The van der Waals surface area contributed by atoms with Gasteiger partial charge in [0.15, 0.2) is 12.6 Å². The number of cyclic esters (lactones) is 2. The molecule has 0 radical (unpaired) electrons. The molecule has 0 N–H and O–H groups in total. The van der Waals surface area contributed by atoms with E-state index < -0.39 is 79.7 Å². The van der Waals surface area contributed by atoms with Crippen LogP contribution >= 0.6 is 0 Å². The third-order valence-electron chi connectivity index (χ3n) is 22.7. The molecule has 10 rings (SSSR count). The molecule has 0 saturated carbocycles. The van der Waals surface area contributed by atoms with E-state index in [2.05, 4.69) is 249 Å². The van der Waals surface area contributed by atoms with Crippen molar-refractivity contribution in [3.63, 3.8) is 0 Å². The number of hydrogen-bond acceptors (Lipinski definition) is 16. The van der Waals surface area contributed by atoms with Crippen LogP contribution in [0.3, 0.4) is 0 Å². The van der Waals surface area contributed by atoms with Crippen LogP contribution in [-0.2, 0) is 92.4 Å². The first-order valence-electron chi connectivity index (χ1n) is 39.5. The Morgan fingerprint density at radius 3 is 1.10 bits per heavy atom. The Bertz CT molecular complexity index is 3790. The standard InChI is InChI=1S/C54H73NO7Si.C38H53NO7/c1-38(37-58-63(52(6,7)8,45-29-21-15-22-30-45)46-31-23-16-24-32-46)34-54(11,57-12)49(41(4)48-42(5)50(56)62-53(9,10)61-48)60-51-40(3)47(33-39(2)59-51)55(35-43-25-17-13-18-26-43)36-44-27-19-14-20-28-44;1-25(24-40)21-38(8,42-9)34(28(4)33-29(5)35(41)46-37(6,7)45-33)44-36-27(3)32(20-26(2)43-36)39(22-30-16-12-10-13-17-30)23-31-18-14-11-15-19-31/h13-32,38-41,47,49,51H,33-37H2,1-12H3;10-19,24-28,32,34,36H,20-23H2,1-9H3/t38-,39?,40?,41+,47?,49-,51+,54-;25-,26?,27?,28+,32?,34-,36+,38-/m11/s1. The Morgan fingerprint density at radius 1 is 0.486 bits per heavy atom. The van der Waals surface area contributed by atoms with Gasteiger partial charge in [0, 0.05) is 116 Å². The fourth-order valence-electron chi connectivity index (χ4n) is 17.1. The Kier molecular flexibility index (Phi) is 29.5. The second kappa shape index (κ2) is 37.5. The Hall–Kier alpha value is -7.13. The summed E-state index contributed by atoms with van der Waals surface area (Å²) in [5.74, 6) is -3.18. The van der Waals surface area contributed by atoms with Gasteiger partial charge in [-0.3, -0.25) is 9.80 Å². The largest absolute Gasteiger partial charge is 0.456 e. The minimum atomic E-state index is -2.81. The topological polar surface area (TPSA) is 159 Å². The summed E-state index contributed by atoms with van der Waals surface area (Å²) < 4.78 is 72.2. The first-order chi connectivity index (χ1) is 51.6. The summed E-state index contributed by atoms with van der Waals surface area (Å²) in [6, 6.07) is 64.3. The Labute approximate surface area is 653 Å². The summed E-state index contributed by atoms with van der Waals surface area (Å²) in [7, 11) is 0.592. The summed E-state index contributed by atoms with van der Waals surface area (Å²) in [6.45, 7) is 42.0. The van der Waals surface area contributed by atoms with Gasteiger partial charge < -0.3 is 56.6 Å². The number of benzene rings is 6. The number of rotatable bonds is 32. The van der Waals surface area contributed by atoms with Crippen LogP contribution in [0.2, 0.25) is 5.04 Å². The van der Waals surface area contributed by atoms with Crippen LogP contribution in [0.15, 0.2) is 205 Å². The van der Waals surface area contributed by atoms with Crippen LogP contribution in [0.1, 0.15) is 179 Å². The number of carbonyl (C=O) groups is 3. The number of carbonyl (C=O) groups excluding carboxylic acids is 3. The van der Waals surface area contributed by atoms with E-state index in [1.54, 1.807) is 55.8 Å². The molecule has 0 aliphatic carbocycles. The maximum absolute atomic E-state index is 13.4. The lowest BCUT2D eigenvalue weighted by Crippen LogP contribution is -2.67. The zero-order chi connectivity index (χ0) is 79.2. The molecule has 0 aromatic heterocycles. The second-order valence-electron chi connectivity index (χ2n) is 33.8. The van der Waals surface area contributed by atoms with E-state index in [9.17, 15) is 14.4 Å². The van der Waals surface area contributed by atoms with E-state index in [1.807, 2.05) is 32.9 Å². The summed E-state index contributed by atoms with van der Waals surface area (Å²) in [6.07, 6.45) is 1.12. The number of hydrogen-bond donors (Lipinski definition) is 0. The van der Waals surface area contributed by atoms with Gasteiger partial charge in [0.05, 0.1) is 46.8 Å². The maximum Gasteiger partial charge on any atom is 0.340 e. The number of methoxy groups -OCH3 is 2. The first kappa shape index (κ1) is 85.9. The minimum Gasteiger partial charge on any atom is -0.456 e. The van der Waals surface area contributed by atoms with E-state index in [-0.39, 0.29) is 53.0 Å². The van der Waals surface area contributed by atoms with E-state index >= 15 is 0 Å². The van der Waals surface area contributed by atoms with Crippen LogP contribution in [0, 0.1) is 35.5 Å². The van der Waals surface area contributed by atoms with E-state index in [0.29, 0.717) is 42.1 Å². The average molecular weight is 1510 g/mol. The minimum absolute atomic E-state index is 0.0216. The SMILES string of the molecule is CO[C@](C)(C[C@@H](C)C=O)[C@H](O[C@@H]1OC(C)CC(N(Cc2ccccc2)Cc2ccccc2)C1C)[C@@H](C)C1=C(C)C(=O)OC(C)(C)O1.CO[C@](C)(C[C@@H](C)CO[Si](c1ccccc1)(c1ccccc1)C(C)(C)C)[C@H](O[C@@H]1OC(C)CC(N(Cc2ccccc2)Cc2ccccc2)C1C)[C@@H](C)C1=C(C)C(=O)OC(C)(C)O1. The molecule has 4 aliphatic heterocycles. The Balaban J connectivity index is 0.000000264. The second-order valence-corrected chi connectivity index (χ2v) is 38.1. The molecule has 0 bridgehead atoms. The van der Waals surface area contributed by atoms with Gasteiger partial charge in [0.1, 0.15) is 17.8 Å². The van der Waals surface area contributed by atoms with Gasteiger partial charge in [-0.2, -0.15) is 0 Å². The number of ether oxygens (including phenoxy) is 10. The summed E-state index contributed by atoms with van der Waals surface area (Å²) >= 11 is 0. The molecular formula is C92H126N2O14Si. The van der Waals surface area contributed by atoms with E-state index in [4.69, 9.17) is 51.8 Å². The van der Waals surface area contributed by atoms with Crippen molar-refractivity contribution in [1.29, 1.82) is 0 Å². The molecular weight excluding hydrogens is 1390 g/mol. The molecule has 17 heteroatoms. The van der Waals surface area contributed by atoms with E-state index in [1.165, 1.54) is 32.6 Å². The summed E-state index contributed by atoms with van der Waals surface area (Å²) in [5.41, 5.74) is 4.05. The number of aldehydes is 1. The fraction of sp³-hybridized carbons (Fsp3) is 0.533. The quantitative estimate of drug-likeness (QED) is 0.0223. The predicted molar refractivity (Wildman–Crippen MR) is 432 cm³/mol. The lowest BCUT2D eigenvalue weighted by Gasteiger charge is -2.49. The smallest absolute Gasteiger partial charge is 0.340 e. The lowest BCUT2D eigenvalue weighted by molar-refractivity contribution is -0.287. The molecule has 6 aromatic rings. The molecule has 6 unspecified atom stereocenters. The molecule has 4 heterocycles. The van der Waals surface area contributed by atoms with Crippen molar-refractivity contribution in [2.45, 2.75) is 260 Å². The van der Waals surface area contributed by atoms with Crippen molar-refractivity contribution in [3.8, 4) is 0 Å². The number of esters is 2. The van der Waals surface area contributed by atoms with Crippen molar-refractivity contribution < 1.29 is 66.2 Å². The molecule has 592 valence electrons. The highest BCUT2D eigenvalue weighted by Crippen LogP contribution is 2.46. The molecule has 109 heavy (non-hydrogen) atoms. The first-order valence-corrected chi connectivity index (χ1v) is 41.4. The van der Waals surface area contributed by atoms with Gasteiger partial charge in [0.25, 0.3) is 8.32 Å². The van der Waals surface area contributed by atoms with Gasteiger partial charge in [-0.05, 0) is 111 Å². The van der Waals surface area contributed by atoms with Gasteiger partial charge in [-0.15, -0.1) is 0 Å². The monoisotopic (exact) mass is 1510 g/mol. The zero-order valence-electron chi connectivity index (χ0n) is 69.0. The molecule has 16 nitrogen and oxygen atoms in total. The normalized spacial score (nSPS) is 24.5. The van der Waals surface area contributed by atoms with Crippen molar-refractivity contribution >= 4 is 36.9 Å². The van der Waals surface area contributed by atoms with Gasteiger partial charge in [-0.25, -0.2) is 9.59 Å². The predicted octanol–water partition coefficient (Wildman–Crippen LogP) is 17.5. The molecule has 2 saturated heterocycles. The highest BCUT2D eigenvalue weighted by atomic mass is 28.4. The van der Waals surface area contributed by atoms with Crippen LogP contribution in [0.5, 0.6) is 0 Å². The third-order valence-corrected chi connectivity index (χ3v) is 27.7. The van der Waals surface area contributed by atoms with Gasteiger partial charge >= 0.3 is 11.9 Å². The van der Waals surface area contributed by atoms with Crippen molar-refractivity contribution in [2.75, 3.05) is 20.8 Å². The van der Waals surface area contributed by atoms with Gasteiger partial charge in [0.2, 0.25) is 11.6 Å². The highest BCUT2D eigenvalue weighted by Gasteiger charge is 2.54. The van der Waals surface area contributed by atoms with Crippen LogP contribution in [0.4, 0.5) is 0 Å². The number of nitrogens with zero attached hydrogens (tertiary/aromatic N) is 2. The average Bonchev–Trinajstić information content (AvgIpc) is 0.772. The fourth-order valence-corrected chi connectivity index (χ4v) is 21.7. The summed E-state index contributed by atoms with van der Waals surface area (Å²) in [5, 5.41) is 2.32. The Morgan fingerprint density at radius 2 is 0.798 bits per heavy atom. The molecule has 2 fully saturated rings. The molecule has 6 aromatic carbocycles. The van der Waals surface area contributed by atoms with Crippen molar-refractivity contribution in [3.05, 3.63) is 227 Å². The maximum atomic E-state index is 13.4. The van der Waals surface area contributed by atoms with Crippen molar-refractivity contribution in [1.82, 2.24) is 9.80 Å². The molecule has 16 atom stereocenters. The van der Waals surface area contributed by atoms with Crippen molar-refractivity contribution in [2.24, 2.45) is 35.5 Å². The van der Waals surface area contributed by atoms with Crippen LogP contribution in [-0.4, -0.2) is 129 Å². The third kappa shape index (κ3) is 21.6. The highest BCUT2D eigenvalue weighted by molar-refractivity contribution is 6.99. The molecule has 0 spiro atoms. The summed E-state index contributed by atoms with van der Waals surface area (Å²) in [4.78, 5) is 43.2. The molecule has 4 aliphatic rings. The molecule has 0 amide bonds. The van der Waals surface area contributed by atoms with E-state index in [0.717, 1.165) is 45.3 Å². The van der Waals surface area contributed by atoms with Crippen LogP contribution in [0.25, 0.3) is 0 Å². The van der Waals surface area contributed by atoms with Crippen LogP contribution < -0.4 is 10.4 Å². The zero-order valence-corrected chi connectivity index (χ0v) is 70.0. The lowest BCUT2D eigenvalue weighted by atomic mass is 9.80.